The molecule has 0 aliphatic rings. The molecule has 1 aromatic heterocycles. The maximum absolute atomic E-state index is 5.46. The van der Waals surface area contributed by atoms with E-state index in [0.717, 1.165) is 19.4 Å². The molecular formula is C14H23N3. The van der Waals surface area contributed by atoms with Gasteiger partial charge < -0.3 is 0 Å². The Morgan fingerprint density at radius 2 is 2.24 bits per heavy atom. The smallest absolute Gasteiger partial charge is 0.0689 e. The average molecular weight is 233 g/mol. The second-order valence-electron chi connectivity index (χ2n) is 5.35. The fraction of sp³-hybridized carbons (Fsp3) is 0.643. The van der Waals surface area contributed by atoms with Gasteiger partial charge in [0, 0.05) is 18.3 Å². The first-order valence-corrected chi connectivity index (χ1v) is 6.21. The lowest BCUT2D eigenvalue weighted by atomic mass is 10.1. The van der Waals surface area contributed by atoms with Crippen molar-refractivity contribution in [2.45, 2.75) is 58.7 Å². The SMILES string of the molecule is C#CC(CCC)NCc1cnn(C(C)(C)C)c1. The van der Waals surface area contributed by atoms with E-state index in [9.17, 15) is 0 Å². The van der Waals surface area contributed by atoms with Crippen LogP contribution in [0.2, 0.25) is 0 Å². The molecule has 1 rings (SSSR count). The van der Waals surface area contributed by atoms with Crippen molar-refractivity contribution < 1.29 is 0 Å². The Bertz CT molecular complexity index is 379. The molecule has 17 heavy (non-hydrogen) atoms. The lowest BCUT2D eigenvalue weighted by molar-refractivity contribution is 0.355. The Balaban J connectivity index is 2.53. The van der Waals surface area contributed by atoms with E-state index < -0.39 is 0 Å². The van der Waals surface area contributed by atoms with Crippen LogP contribution in [0.1, 0.15) is 46.1 Å². The van der Waals surface area contributed by atoms with Crippen LogP contribution in [0.15, 0.2) is 12.4 Å². The topological polar surface area (TPSA) is 29.9 Å². The number of hydrogen-bond acceptors (Lipinski definition) is 2. The maximum atomic E-state index is 5.46. The lowest BCUT2D eigenvalue weighted by Crippen LogP contribution is -2.26. The van der Waals surface area contributed by atoms with Crippen LogP contribution in [-0.2, 0) is 12.1 Å². The molecule has 0 amide bonds. The van der Waals surface area contributed by atoms with E-state index in [2.05, 4.69) is 50.2 Å². The highest BCUT2D eigenvalue weighted by Gasteiger charge is 2.14. The van der Waals surface area contributed by atoms with Crippen molar-refractivity contribution in [3.05, 3.63) is 18.0 Å². The van der Waals surface area contributed by atoms with Gasteiger partial charge in [-0.1, -0.05) is 19.3 Å². The number of hydrogen-bond donors (Lipinski definition) is 1. The van der Waals surface area contributed by atoms with E-state index in [1.54, 1.807) is 0 Å². The second kappa shape index (κ2) is 5.88. The molecule has 1 atom stereocenters. The summed E-state index contributed by atoms with van der Waals surface area (Å²) in [5.41, 5.74) is 1.21. The van der Waals surface area contributed by atoms with Crippen molar-refractivity contribution in [2.75, 3.05) is 0 Å². The maximum Gasteiger partial charge on any atom is 0.0689 e. The summed E-state index contributed by atoms with van der Waals surface area (Å²) in [6.45, 7) is 9.34. The van der Waals surface area contributed by atoms with E-state index in [1.165, 1.54) is 5.56 Å². The van der Waals surface area contributed by atoms with Crippen molar-refractivity contribution in [1.82, 2.24) is 15.1 Å². The summed E-state index contributed by atoms with van der Waals surface area (Å²) >= 11 is 0. The van der Waals surface area contributed by atoms with Gasteiger partial charge in [-0.25, -0.2) is 0 Å². The van der Waals surface area contributed by atoms with Gasteiger partial charge in [-0.2, -0.15) is 5.10 Å². The first kappa shape index (κ1) is 13.8. The summed E-state index contributed by atoms with van der Waals surface area (Å²) in [5, 5.41) is 7.72. The normalized spacial score (nSPS) is 13.4. The second-order valence-corrected chi connectivity index (χ2v) is 5.35. The van der Waals surface area contributed by atoms with Crippen LogP contribution in [0.3, 0.4) is 0 Å². The predicted octanol–water partition coefficient (Wildman–Crippen LogP) is 2.53. The largest absolute Gasteiger partial charge is 0.299 e. The van der Waals surface area contributed by atoms with Gasteiger partial charge in [0.1, 0.15) is 0 Å². The Morgan fingerprint density at radius 3 is 2.71 bits per heavy atom. The first-order valence-electron chi connectivity index (χ1n) is 6.21. The van der Waals surface area contributed by atoms with E-state index in [0.29, 0.717) is 0 Å². The summed E-state index contributed by atoms with van der Waals surface area (Å²) in [5.74, 6) is 2.77. The van der Waals surface area contributed by atoms with Gasteiger partial charge in [0.25, 0.3) is 0 Å². The van der Waals surface area contributed by atoms with Gasteiger partial charge in [-0.15, -0.1) is 6.42 Å². The van der Waals surface area contributed by atoms with Crippen molar-refractivity contribution >= 4 is 0 Å². The van der Waals surface area contributed by atoms with Gasteiger partial charge in [0.2, 0.25) is 0 Å². The van der Waals surface area contributed by atoms with Crippen molar-refractivity contribution in [2.24, 2.45) is 0 Å². The van der Waals surface area contributed by atoms with Crippen LogP contribution in [0, 0.1) is 12.3 Å². The highest BCUT2D eigenvalue weighted by molar-refractivity contribution is 5.07. The van der Waals surface area contributed by atoms with Crippen LogP contribution in [-0.4, -0.2) is 15.8 Å². The van der Waals surface area contributed by atoms with Crippen LogP contribution < -0.4 is 5.32 Å². The molecule has 1 heterocycles. The molecule has 0 fully saturated rings. The third kappa shape index (κ3) is 4.24. The molecular weight excluding hydrogens is 210 g/mol. The number of nitrogens with one attached hydrogen (secondary N) is 1. The van der Waals surface area contributed by atoms with Crippen LogP contribution >= 0.6 is 0 Å². The summed E-state index contributed by atoms with van der Waals surface area (Å²) in [7, 11) is 0. The summed E-state index contributed by atoms with van der Waals surface area (Å²) < 4.78 is 1.98. The highest BCUT2D eigenvalue weighted by Crippen LogP contribution is 2.13. The minimum atomic E-state index is 0.0349. The van der Waals surface area contributed by atoms with Gasteiger partial charge in [0.15, 0.2) is 0 Å². The molecule has 3 nitrogen and oxygen atoms in total. The minimum absolute atomic E-state index is 0.0349. The third-order valence-corrected chi connectivity index (χ3v) is 2.65. The average Bonchev–Trinajstić information content (AvgIpc) is 2.72. The molecule has 0 spiro atoms. The number of aromatic nitrogens is 2. The molecule has 0 aliphatic carbocycles. The number of nitrogens with zero attached hydrogens (tertiary/aromatic N) is 2. The molecule has 0 saturated heterocycles. The van der Waals surface area contributed by atoms with Crippen molar-refractivity contribution in [3.8, 4) is 12.3 Å². The van der Waals surface area contributed by atoms with Crippen molar-refractivity contribution in [1.29, 1.82) is 0 Å². The molecule has 0 aromatic carbocycles. The van der Waals surface area contributed by atoms with Gasteiger partial charge >= 0.3 is 0 Å². The summed E-state index contributed by atoms with van der Waals surface area (Å²) in [6, 6.07) is 0.165. The minimum Gasteiger partial charge on any atom is -0.299 e. The monoisotopic (exact) mass is 233 g/mol. The van der Waals surface area contributed by atoms with Gasteiger partial charge in [0.05, 0.1) is 17.8 Å². The molecule has 0 aliphatic heterocycles. The Kier molecular flexibility index (Phi) is 4.77. The Labute approximate surface area is 105 Å². The Morgan fingerprint density at radius 1 is 1.53 bits per heavy atom. The summed E-state index contributed by atoms with van der Waals surface area (Å²) in [6.07, 6.45) is 11.6. The van der Waals surface area contributed by atoms with Crippen LogP contribution in [0.25, 0.3) is 0 Å². The molecule has 0 saturated carbocycles. The zero-order chi connectivity index (χ0) is 12.9. The third-order valence-electron chi connectivity index (χ3n) is 2.65. The number of rotatable bonds is 5. The quantitative estimate of drug-likeness (QED) is 0.792. The van der Waals surface area contributed by atoms with E-state index >= 15 is 0 Å². The highest BCUT2D eigenvalue weighted by atomic mass is 15.3. The first-order chi connectivity index (χ1) is 7.97. The molecule has 94 valence electrons. The van der Waals surface area contributed by atoms with E-state index in [4.69, 9.17) is 6.42 Å². The van der Waals surface area contributed by atoms with Crippen LogP contribution in [0.5, 0.6) is 0 Å². The van der Waals surface area contributed by atoms with Gasteiger partial charge in [-0.3, -0.25) is 10.00 Å². The zero-order valence-corrected chi connectivity index (χ0v) is 11.3. The molecule has 1 aromatic rings. The number of terminal acetylenes is 1. The molecule has 1 unspecified atom stereocenters. The molecule has 1 N–H and O–H groups in total. The van der Waals surface area contributed by atoms with E-state index in [-0.39, 0.29) is 11.6 Å². The summed E-state index contributed by atoms with van der Waals surface area (Å²) in [4.78, 5) is 0. The lowest BCUT2D eigenvalue weighted by Gasteiger charge is -2.18. The fourth-order valence-electron chi connectivity index (χ4n) is 1.59. The standard InChI is InChI=1S/C14H23N3/c1-6-8-13(7-2)15-9-12-10-16-17(11-12)14(3,4)5/h2,10-11,13,15H,6,8-9H2,1,3-5H3. The zero-order valence-electron chi connectivity index (χ0n) is 11.3. The molecule has 0 radical (unpaired) electrons. The molecule has 0 bridgehead atoms. The van der Waals surface area contributed by atoms with E-state index in [1.807, 2.05) is 10.9 Å². The van der Waals surface area contributed by atoms with Crippen molar-refractivity contribution in [3.63, 3.8) is 0 Å². The van der Waals surface area contributed by atoms with Crippen LogP contribution in [0.4, 0.5) is 0 Å². The fourth-order valence-corrected chi connectivity index (χ4v) is 1.59. The predicted molar refractivity (Wildman–Crippen MR) is 71.6 cm³/mol. The molecule has 3 heteroatoms. The van der Waals surface area contributed by atoms with Gasteiger partial charge in [-0.05, 0) is 27.2 Å². The Hall–Kier alpha value is -1.27.